The van der Waals surface area contributed by atoms with Crippen molar-refractivity contribution in [1.29, 1.82) is 0 Å². The number of likely N-dealkylation sites (N-methyl/N-ethyl adjacent to an activating group) is 1. The number of carboxylic acid groups (broad SMARTS) is 1. The monoisotopic (exact) mass is 306 g/mol. The molecule has 2 N–H and O–H groups in total. The smallest absolute Gasteiger partial charge is 0.480 e. The normalized spacial score (nSPS) is 12.4. The number of hydrogen-bond acceptors (Lipinski definition) is 3. The Morgan fingerprint density at radius 2 is 2.00 bits per heavy atom. The number of ether oxygens (including phenoxy) is 1. The van der Waals surface area contributed by atoms with E-state index in [0.717, 1.165) is 17.0 Å². The minimum absolute atomic E-state index is 0.0474. The first kappa shape index (κ1) is 16.6. The summed E-state index contributed by atoms with van der Waals surface area (Å²) >= 11 is 0. The summed E-state index contributed by atoms with van der Waals surface area (Å²) in [6, 6.07) is 2.81. The molecular formula is C12H13F3N2O4. The number of rotatable bonds is 4. The third-order valence-corrected chi connectivity index (χ3v) is 2.58. The molecular weight excluding hydrogens is 293 g/mol. The van der Waals surface area contributed by atoms with Gasteiger partial charge in [-0.05, 0) is 19.1 Å². The van der Waals surface area contributed by atoms with Gasteiger partial charge < -0.3 is 20.1 Å². The third-order valence-electron chi connectivity index (χ3n) is 2.58. The summed E-state index contributed by atoms with van der Waals surface area (Å²) in [6.45, 7) is 1.30. The van der Waals surface area contributed by atoms with Crippen LogP contribution in [0.4, 0.5) is 23.7 Å². The topological polar surface area (TPSA) is 78.9 Å². The lowest BCUT2D eigenvalue weighted by atomic mass is 10.3. The van der Waals surface area contributed by atoms with Gasteiger partial charge in [0, 0.05) is 18.8 Å². The molecule has 1 atom stereocenters. The lowest BCUT2D eigenvalue weighted by molar-refractivity contribution is -0.274. The van der Waals surface area contributed by atoms with E-state index in [1.807, 2.05) is 0 Å². The number of nitrogens with zero attached hydrogens (tertiary/aromatic N) is 1. The lowest BCUT2D eigenvalue weighted by Gasteiger charge is -2.22. The van der Waals surface area contributed by atoms with Crippen molar-refractivity contribution in [1.82, 2.24) is 4.90 Å². The summed E-state index contributed by atoms with van der Waals surface area (Å²) in [7, 11) is 1.25. The van der Waals surface area contributed by atoms with Crippen LogP contribution in [-0.2, 0) is 4.79 Å². The highest BCUT2D eigenvalue weighted by molar-refractivity contribution is 5.92. The van der Waals surface area contributed by atoms with E-state index in [4.69, 9.17) is 5.11 Å². The van der Waals surface area contributed by atoms with Crippen molar-refractivity contribution in [3.8, 4) is 5.75 Å². The maximum absolute atomic E-state index is 12.1. The van der Waals surface area contributed by atoms with Crippen LogP contribution in [0, 0.1) is 0 Å². The third kappa shape index (κ3) is 5.21. The Hall–Kier alpha value is -2.45. The molecule has 1 unspecified atom stereocenters. The van der Waals surface area contributed by atoms with Crippen LogP contribution in [-0.4, -0.2) is 41.5 Å². The molecule has 1 aromatic carbocycles. The Bertz CT molecular complexity index is 533. The quantitative estimate of drug-likeness (QED) is 0.896. The molecule has 0 bridgehead atoms. The number of urea groups is 1. The number of anilines is 1. The van der Waals surface area contributed by atoms with Crippen LogP contribution in [0.1, 0.15) is 6.92 Å². The molecule has 9 heteroatoms. The number of hydrogen-bond donors (Lipinski definition) is 2. The second kappa shape index (κ2) is 6.33. The maximum Gasteiger partial charge on any atom is 0.573 e. The van der Waals surface area contributed by atoms with Crippen LogP contribution in [0.2, 0.25) is 0 Å². The second-order valence-electron chi connectivity index (χ2n) is 4.13. The largest absolute Gasteiger partial charge is 0.573 e. The van der Waals surface area contributed by atoms with Crippen molar-refractivity contribution in [2.24, 2.45) is 0 Å². The van der Waals surface area contributed by atoms with Crippen molar-refractivity contribution in [3.63, 3.8) is 0 Å². The molecule has 0 fully saturated rings. The molecule has 1 aromatic rings. The van der Waals surface area contributed by atoms with E-state index in [0.29, 0.717) is 0 Å². The fourth-order valence-electron chi connectivity index (χ4n) is 1.32. The van der Waals surface area contributed by atoms with E-state index >= 15 is 0 Å². The van der Waals surface area contributed by atoms with E-state index in [1.54, 1.807) is 0 Å². The van der Waals surface area contributed by atoms with Crippen molar-refractivity contribution in [3.05, 3.63) is 24.3 Å². The highest BCUT2D eigenvalue weighted by Gasteiger charge is 2.31. The van der Waals surface area contributed by atoms with Gasteiger partial charge >= 0.3 is 18.4 Å². The zero-order valence-corrected chi connectivity index (χ0v) is 11.1. The minimum Gasteiger partial charge on any atom is -0.480 e. The first-order valence-electron chi connectivity index (χ1n) is 5.72. The Morgan fingerprint density at radius 3 is 2.52 bits per heavy atom. The summed E-state index contributed by atoms with van der Waals surface area (Å²) in [6.07, 6.45) is -4.84. The minimum atomic E-state index is -4.84. The molecule has 2 amide bonds. The van der Waals surface area contributed by atoms with Gasteiger partial charge in [0.25, 0.3) is 0 Å². The highest BCUT2D eigenvalue weighted by Crippen LogP contribution is 2.25. The molecule has 0 radical (unpaired) electrons. The molecule has 0 aliphatic rings. The van der Waals surface area contributed by atoms with Gasteiger partial charge in [-0.2, -0.15) is 0 Å². The first-order chi connectivity index (χ1) is 9.60. The zero-order chi connectivity index (χ0) is 16.2. The zero-order valence-electron chi connectivity index (χ0n) is 11.1. The summed E-state index contributed by atoms with van der Waals surface area (Å²) in [4.78, 5) is 23.4. The maximum atomic E-state index is 12.1. The Morgan fingerprint density at radius 1 is 1.38 bits per heavy atom. The molecule has 0 heterocycles. The fourth-order valence-corrected chi connectivity index (χ4v) is 1.32. The van der Waals surface area contributed by atoms with Gasteiger partial charge in [0.2, 0.25) is 0 Å². The number of carbonyl (C=O) groups excluding carboxylic acids is 1. The van der Waals surface area contributed by atoms with Gasteiger partial charge in [0.15, 0.2) is 0 Å². The molecule has 0 aliphatic carbocycles. The summed E-state index contributed by atoms with van der Waals surface area (Å²) in [5.41, 5.74) is 0.0474. The molecule has 6 nitrogen and oxygen atoms in total. The first-order valence-corrected chi connectivity index (χ1v) is 5.72. The predicted molar refractivity (Wildman–Crippen MR) is 67.0 cm³/mol. The van der Waals surface area contributed by atoms with E-state index in [-0.39, 0.29) is 5.69 Å². The van der Waals surface area contributed by atoms with Crippen LogP contribution < -0.4 is 10.1 Å². The summed E-state index contributed by atoms with van der Waals surface area (Å²) in [5, 5.41) is 11.1. The lowest BCUT2D eigenvalue weighted by Crippen LogP contribution is -2.42. The van der Waals surface area contributed by atoms with Crippen molar-refractivity contribution in [2.45, 2.75) is 19.3 Å². The molecule has 1 rings (SSSR count). The molecule has 0 saturated carbocycles. The second-order valence-corrected chi connectivity index (χ2v) is 4.13. The van der Waals surface area contributed by atoms with E-state index in [1.165, 1.54) is 26.1 Å². The highest BCUT2D eigenvalue weighted by atomic mass is 19.4. The molecule has 116 valence electrons. The number of carbonyl (C=O) groups is 2. The average Bonchev–Trinajstić information content (AvgIpc) is 2.35. The van der Waals surface area contributed by atoms with Crippen molar-refractivity contribution in [2.75, 3.05) is 12.4 Å². The predicted octanol–water partition coefficient (Wildman–Crippen LogP) is 2.52. The Kier molecular flexibility index (Phi) is 5.01. The standard InChI is InChI=1S/C12H13F3N2O4/c1-7(10(18)19)17(2)11(20)16-8-4-3-5-9(6-8)21-12(13,14)15/h3-7H,1-2H3,(H,16,20)(H,18,19). The molecule has 0 saturated heterocycles. The molecule has 21 heavy (non-hydrogen) atoms. The number of amides is 2. The van der Waals surface area contributed by atoms with E-state index in [9.17, 15) is 22.8 Å². The van der Waals surface area contributed by atoms with Crippen LogP contribution in [0.5, 0.6) is 5.75 Å². The van der Waals surface area contributed by atoms with Gasteiger partial charge in [-0.1, -0.05) is 6.07 Å². The number of benzene rings is 1. The number of carboxylic acids is 1. The van der Waals surface area contributed by atoms with Crippen LogP contribution >= 0.6 is 0 Å². The van der Waals surface area contributed by atoms with E-state index in [2.05, 4.69) is 10.1 Å². The molecule has 0 spiro atoms. The van der Waals surface area contributed by atoms with Crippen molar-refractivity contribution < 1.29 is 32.6 Å². The Labute approximate surface area is 118 Å². The van der Waals surface area contributed by atoms with Gasteiger partial charge in [0.05, 0.1) is 0 Å². The van der Waals surface area contributed by atoms with Gasteiger partial charge in [-0.3, -0.25) is 0 Å². The van der Waals surface area contributed by atoms with Crippen LogP contribution in [0.15, 0.2) is 24.3 Å². The molecule has 0 aliphatic heterocycles. The number of nitrogens with one attached hydrogen (secondary N) is 1. The van der Waals surface area contributed by atoms with Crippen LogP contribution in [0.3, 0.4) is 0 Å². The number of halogens is 3. The summed E-state index contributed by atoms with van der Waals surface area (Å²) in [5.74, 6) is -1.70. The van der Waals surface area contributed by atoms with Gasteiger partial charge in [0.1, 0.15) is 11.8 Å². The fraction of sp³-hybridized carbons (Fsp3) is 0.333. The van der Waals surface area contributed by atoms with Gasteiger partial charge in [-0.15, -0.1) is 13.2 Å². The van der Waals surface area contributed by atoms with E-state index < -0.39 is 30.2 Å². The molecule has 0 aromatic heterocycles. The number of aliphatic carboxylic acids is 1. The average molecular weight is 306 g/mol. The van der Waals surface area contributed by atoms with Gasteiger partial charge in [-0.25, -0.2) is 9.59 Å². The van der Waals surface area contributed by atoms with Crippen molar-refractivity contribution >= 4 is 17.7 Å². The number of alkyl halides is 3. The Balaban J connectivity index is 2.77. The SMILES string of the molecule is CC(C(=O)O)N(C)C(=O)Nc1cccc(OC(F)(F)F)c1. The van der Waals surface area contributed by atoms with Crippen LogP contribution in [0.25, 0.3) is 0 Å². The summed E-state index contributed by atoms with van der Waals surface area (Å²) < 4.78 is 39.9.